The molecule has 0 radical (unpaired) electrons. The Morgan fingerprint density at radius 3 is 2.58 bits per heavy atom. The third kappa shape index (κ3) is 4.26. The SMILES string of the molecule is CCCOc1ccc(/C=C2/SC(=Nc3ccccc3)NC2=O)cc1. The van der Waals surface area contributed by atoms with Gasteiger partial charge in [0.25, 0.3) is 5.91 Å². The van der Waals surface area contributed by atoms with E-state index in [0.29, 0.717) is 16.7 Å². The Hall–Kier alpha value is -2.53. The molecule has 5 heteroatoms. The molecule has 1 saturated heterocycles. The first-order chi connectivity index (χ1) is 11.7. The van der Waals surface area contributed by atoms with Crippen LogP contribution in [0.5, 0.6) is 5.75 Å². The number of carbonyl (C=O) groups is 1. The number of hydrogen-bond acceptors (Lipinski definition) is 4. The van der Waals surface area contributed by atoms with Crippen molar-refractivity contribution in [2.75, 3.05) is 6.61 Å². The summed E-state index contributed by atoms with van der Waals surface area (Å²) in [6, 6.07) is 17.3. The average molecular weight is 338 g/mol. The van der Waals surface area contributed by atoms with E-state index >= 15 is 0 Å². The maximum Gasteiger partial charge on any atom is 0.264 e. The molecular weight excluding hydrogens is 320 g/mol. The third-order valence-corrected chi connectivity index (χ3v) is 4.20. The summed E-state index contributed by atoms with van der Waals surface area (Å²) in [5, 5.41) is 3.39. The fourth-order valence-electron chi connectivity index (χ4n) is 2.13. The van der Waals surface area contributed by atoms with E-state index in [9.17, 15) is 4.79 Å². The Morgan fingerprint density at radius 2 is 1.88 bits per heavy atom. The number of ether oxygens (including phenoxy) is 1. The molecular formula is C19H18N2O2S. The van der Waals surface area contributed by atoms with Gasteiger partial charge in [-0.3, -0.25) is 4.79 Å². The minimum Gasteiger partial charge on any atom is -0.494 e. The van der Waals surface area contributed by atoms with Gasteiger partial charge in [0, 0.05) is 0 Å². The van der Waals surface area contributed by atoms with Crippen LogP contribution in [0, 0.1) is 0 Å². The zero-order chi connectivity index (χ0) is 16.8. The van der Waals surface area contributed by atoms with E-state index in [1.165, 1.54) is 11.8 Å². The van der Waals surface area contributed by atoms with E-state index in [1.807, 2.05) is 60.7 Å². The topological polar surface area (TPSA) is 50.7 Å². The van der Waals surface area contributed by atoms with Gasteiger partial charge in [0.15, 0.2) is 5.17 Å². The van der Waals surface area contributed by atoms with E-state index in [0.717, 1.165) is 23.4 Å². The predicted molar refractivity (Wildman–Crippen MR) is 99.5 cm³/mol. The van der Waals surface area contributed by atoms with Gasteiger partial charge in [0.2, 0.25) is 0 Å². The highest BCUT2D eigenvalue weighted by atomic mass is 32.2. The molecule has 0 aromatic heterocycles. The van der Waals surface area contributed by atoms with Crippen LogP contribution in [0.2, 0.25) is 0 Å². The van der Waals surface area contributed by atoms with Gasteiger partial charge in [0.05, 0.1) is 17.2 Å². The van der Waals surface area contributed by atoms with Gasteiger partial charge in [-0.2, -0.15) is 0 Å². The summed E-state index contributed by atoms with van der Waals surface area (Å²) >= 11 is 1.35. The number of para-hydroxylation sites is 1. The molecule has 0 spiro atoms. The van der Waals surface area contributed by atoms with Gasteiger partial charge in [-0.15, -0.1) is 0 Å². The largest absolute Gasteiger partial charge is 0.494 e. The molecule has 2 aromatic rings. The van der Waals surface area contributed by atoms with Crippen LogP contribution >= 0.6 is 11.8 Å². The predicted octanol–water partition coefficient (Wildman–Crippen LogP) is 4.37. The highest BCUT2D eigenvalue weighted by Gasteiger charge is 2.23. The normalized spacial score (nSPS) is 17.3. The van der Waals surface area contributed by atoms with Crippen LogP contribution in [-0.4, -0.2) is 17.7 Å². The lowest BCUT2D eigenvalue weighted by atomic mass is 10.2. The molecule has 1 aliphatic heterocycles. The van der Waals surface area contributed by atoms with Crippen LogP contribution in [0.15, 0.2) is 64.5 Å². The zero-order valence-electron chi connectivity index (χ0n) is 13.4. The van der Waals surface area contributed by atoms with Crippen LogP contribution in [-0.2, 0) is 4.79 Å². The summed E-state index contributed by atoms with van der Waals surface area (Å²) in [5.41, 5.74) is 1.77. The molecule has 0 atom stereocenters. The zero-order valence-corrected chi connectivity index (χ0v) is 14.2. The van der Waals surface area contributed by atoms with Crippen LogP contribution < -0.4 is 10.1 Å². The smallest absolute Gasteiger partial charge is 0.264 e. The minimum absolute atomic E-state index is 0.124. The van der Waals surface area contributed by atoms with Gasteiger partial charge < -0.3 is 10.1 Å². The van der Waals surface area contributed by atoms with E-state index < -0.39 is 0 Å². The van der Waals surface area contributed by atoms with E-state index in [1.54, 1.807) is 0 Å². The van der Waals surface area contributed by atoms with Crippen LogP contribution in [0.3, 0.4) is 0 Å². The molecule has 1 amide bonds. The van der Waals surface area contributed by atoms with Crippen molar-refractivity contribution in [2.45, 2.75) is 13.3 Å². The van der Waals surface area contributed by atoms with Crippen molar-refractivity contribution in [1.29, 1.82) is 0 Å². The maximum absolute atomic E-state index is 12.1. The number of thioether (sulfide) groups is 1. The van der Waals surface area contributed by atoms with Crippen molar-refractivity contribution in [1.82, 2.24) is 5.32 Å². The number of nitrogens with one attached hydrogen (secondary N) is 1. The quantitative estimate of drug-likeness (QED) is 0.824. The first-order valence-corrected chi connectivity index (χ1v) is 8.64. The Kier molecular flexibility index (Phi) is 5.33. The molecule has 0 unspecified atom stereocenters. The van der Waals surface area contributed by atoms with Crippen molar-refractivity contribution in [3.05, 3.63) is 65.1 Å². The van der Waals surface area contributed by atoms with Crippen molar-refractivity contribution in [2.24, 2.45) is 4.99 Å². The molecule has 0 aliphatic carbocycles. The summed E-state index contributed by atoms with van der Waals surface area (Å²) in [6.45, 7) is 2.78. The Bertz CT molecular complexity index is 768. The standard InChI is InChI=1S/C19H18N2O2S/c1-2-12-23-16-10-8-14(9-11-16)13-17-18(22)21-19(24-17)20-15-6-4-3-5-7-15/h3-11,13H,2,12H2,1H3,(H,20,21,22)/b17-13+. The summed E-state index contributed by atoms with van der Waals surface area (Å²) in [7, 11) is 0. The minimum atomic E-state index is -0.124. The Labute approximate surface area is 145 Å². The molecule has 3 rings (SSSR count). The molecule has 1 heterocycles. The second kappa shape index (κ2) is 7.84. The molecule has 1 aliphatic rings. The second-order valence-corrected chi connectivity index (χ2v) is 6.27. The number of amidine groups is 1. The van der Waals surface area contributed by atoms with Gasteiger partial charge in [-0.25, -0.2) is 4.99 Å². The average Bonchev–Trinajstić information content (AvgIpc) is 2.94. The number of amides is 1. The summed E-state index contributed by atoms with van der Waals surface area (Å²) in [4.78, 5) is 17.1. The van der Waals surface area contributed by atoms with Gasteiger partial charge in [-0.1, -0.05) is 37.3 Å². The number of carbonyl (C=O) groups excluding carboxylic acids is 1. The number of rotatable bonds is 5. The highest BCUT2D eigenvalue weighted by molar-refractivity contribution is 8.18. The van der Waals surface area contributed by atoms with E-state index in [4.69, 9.17) is 4.74 Å². The van der Waals surface area contributed by atoms with Gasteiger partial charge in [-0.05, 0) is 54.1 Å². The van der Waals surface area contributed by atoms with Crippen molar-refractivity contribution < 1.29 is 9.53 Å². The van der Waals surface area contributed by atoms with Gasteiger partial charge in [0.1, 0.15) is 5.75 Å². The second-order valence-electron chi connectivity index (χ2n) is 5.23. The van der Waals surface area contributed by atoms with Gasteiger partial charge >= 0.3 is 0 Å². The number of aliphatic imine (C=N–C) groups is 1. The number of nitrogens with zero attached hydrogens (tertiary/aromatic N) is 1. The van der Waals surface area contributed by atoms with Crippen LogP contribution in [0.25, 0.3) is 6.08 Å². The lowest BCUT2D eigenvalue weighted by Crippen LogP contribution is -2.19. The monoisotopic (exact) mass is 338 g/mol. The summed E-state index contributed by atoms with van der Waals surface area (Å²) < 4.78 is 5.56. The molecule has 0 saturated carbocycles. The lowest BCUT2D eigenvalue weighted by Gasteiger charge is -2.04. The van der Waals surface area contributed by atoms with Crippen molar-refractivity contribution >= 4 is 34.6 Å². The van der Waals surface area contributed by atoms with E-state index in [-0.39, 0.29) is 5.91 Å². The van der Waals surface area contributed by atoms with Crippen molar-refractivity contribution in [3.8, 4) is 5.75 Å². The molecule has 24 heavy (non-hydrogen) atoms. The number of benzene rings is 2. The summed E-state index contributed by atoms with van der Waals surface area (Å²) in [6.07, 6.45) is 2.84. The number of hydrogen-bond donors (Lipinski definition) is 1. The first-order valence-electron chi connectivity index (χ1n) is 7.82. The van der Waals surface area contributed by atoms with Crippen LogP contribution in [0.1, 0.15) is 18.9 Å². The highest BCUT2D eigenvalue weighted by Crippen LogP contribution is 2.28. The van der Waals surface area contributed by atoms with E-state index in [2.05, 4.69) is 17.2 Å². The fourth-order valence-corrected chi connectivity index (χ4v) is 2.97. The molecule has 2 aromatic carbocycles. The van der Waals surface area contributed by atoms with Crippen molar-refractivity contribution in [3.63, 3.8) is 0 Å². The van der Waals surface area contributed by atoms with Crippen LogP contribution in [0.4, 0.5) is 5.69 Å². The fraction of sp³-hybridized carbons (Fsp3) is 0.158. The molecule has 1 N–H and O–H groups in total. The Morgan fingerprint density at radius 1 is 1.12 bits per heavy atom. The molecule has 4 nitrogen and oxygen atoms in total. The maximum atomic E-state index is 12.1. The third-order valence-electron chi connectivity index (χ3n) is 3.29. The summed E-state index contributed by atoms with van der Waals surface area (Å²) in [5.74, 6) is 0.717. The first kappa shape index (κ1) is 16.3. The lowest BCUT2D eigenvalue weighted by molar-refractivity contribution is -0.115. The molecule has 1 fully saturated rings. The molecule has 122 valence electrons. The Balaban J connectivity index is 1.71. The molecule has 0 bridgehead atoms.